The molecule has 3 rings (SSSR count). The average molecular weight is 398 g/mol. The van der Waals surface area contributed by atoms with Crippen molar-refractivity contribution in [2.45, 2.75) is 18.5 Å². The van der Waals surface area contributed by atoms with Gasteiger partial charge in [-0.3, -0.25) is 4.90 Å². The van der Waals surface area contributed by atoms with Crippen LogP contribution in [-0.2, 0) is 6.54 Å². The van der Waals surface area contributed by atoms with Crippen LogP contribution in [0.3, 0.4) is 0 Å². The Kier molecular flexibility index (Phi) is 6.48. The molecule has 124 valence electrons. The first kappa shape index (κ1) is 18.3. The Morgan fingerprint density at radius 3 is 2.57 bits per heavy atom. The van der Waals surface area contributed by atoms with Crippen molar-refractivity contribution in [2.75, 3.05) is 20.2 Å². The number of ether oxygens (including phenoxy) is 1. The van der Waals surface area contributed by atoms with Gasteiger partial charge in [-0.25, -0.2) is 0 Å². The molecule has 2 aromatic carbocycles. The molecule has 3 nitrogen and oxygen atoms in total. The zero-order valence-corrected chi connectivity index (χ0v) is 15.5. The number of nitrogens with two attached hydrogens (primary N) is 1. The summed E-state index contributed by atoms with van der Waals surface area (Å²) in [6.45, 7) is 2.86. The predicted octanol–water partition coefficient (Wildman–Crippen LogP) is 3.81. The van der Waals surface area contributed by atoms with Crippen LogP contribution in [0.2, 0.25) is 0 Å². The lowest BCUT2D eigenvalue weighted by Gasteiger charge is -2.17. The summed E-state index contributed by atoms with van der Waals surface area (Å²) in [6, 6.07) is 17.0. The molecular formula is C18H22BrClN2O. The quantitative estimate of drug-likeness (QED) is 0.852. The molecule has 23 heavy (non-hydrogen) atoms. The third-order valence-electron chi connectivity index (χ3n) is 4.29. The molecule has 1 fully saturated rings. The number of hydrogen-bond donors (Lipinski definition) is 1. The summed E-state index contributed by atoms with van der Waals surface area (Å²) in [6.07, 6.45) is 0. The van der Waals surface area contributed by atoms with Gasteiger partial charge in [-0.15, -0.1) is 12.4 Å². The highest BCUT2D eigenvalue weighted by Gasteiger charge is 2.30. The van der Waals surface area contributed by atoms with Crippen LogP contribution in [0, 0.1) is 0 Å². The van der Waals surface area contributed by atoms with Crippen molar-refractivity contribution in [1.82, 2.24) is 4.90 Å². The van der Waals surface area contributed by atoms with Gasteiger partial charge in [0.05, 0.1) is 11.6 Å². The summed E-state index contributed by atoms with van der Waals surface area (Å²) in [5.74, 6) is 1.28. The summed E-state index contributed by atoms with van der Waals surface area (Å²) >= 11 is 3.55. The lowest BCUT2D eigenvalue weighted by molar-refractivity contribution is 0.323. The summed E-state index contributed by atoms with van der Waals surface area (Å²) < 4.78 is 6.28. The minimum absolute atomic E-state index is 0. The molecule has 2 atom stereocenters. The maximum atomic E-state index is 6.36. The Bertz CT molecular complexity index is 638. The normalized spacial score (nSPS) is 21.0. The number of rotatable bonds is 4. The molecule has 2 aromatic rings. The molecule has 1 aliphatic heterocycles. The van der Waals surface area contributed by atoms with E-state index in [-0.39, 0.29) is 18.4 Å². The highest BCUT2D eigenvalue weighted by Crippen LogP contribution is 2.29. The summed E-state index contributed by atoms with van der Waals surface area (Å²) in [4.78, 5) is 2.43. The Morgan fingerprint density at radius 2 is 1.91 bits per heavy atom. The largest absolute Gasteiger partial charge is 0.496 e. The molecule has 0 spiro atoms. The van der Waals surface area contributed by atoms with Gasteiger partial charge in [-0.05, 0) is 39.2 Å². The van der Waals surface area contributed by atoms with E-state index in [2.05, 4.69) is 63.3 Å². The molecule has 1 aliphatic rings. The number of nitrogens with zero attached hydrogens (tertiary/aromatic N) is 1. The fraction of sp³-hybridized carbons (Fsp3) is 0.333. The molecule has 0 saturated carbocycles. The van der Waals surface area contributed by atoms with Gasteiger partial charge in [0.2, 0.25) is 0 Å². The van der Waals surface area contributed by atoms with Crippen molar-refractivity contribution in [2.24, 2.45) is 5.73 Å². The molecule has 1 heterocycles. The second-order valence-electron chi connectivity index (χ2n) is 5.84. The highest BCUT2D eigenvalue weighted by atomic mass is 79.9. The van der Waals surface area contributed by atoms with Crippen LogP contribution in [0.1, 0.15) is 17.0 Å². The average Bonchev–Trinajstić information content (AvgIpc) is 2.89. The van der Waals surface area contributed by atoms with Crippen molar-refractivity contribution in [3.63, 3.8) is 0 Å². The molecule has 0 amide bonds. The van der Waals surface area contributed by atoms with Crippen LogP contribution in [0.25, 0.3) is 0 Å². The van der Waals surface area contributed by atoms with Gasteiger partial charge < -0.3 is 10.5 Å². The van der Waals surface area contributed by atoms with Gasteiger partial charge in [0.25, 0.3) is 0 Å². The number of hydrogen-bond acceptors (Lipinski definition) is 3. The molecule has 5 heteroatoms. The molecule has 0 aliphatic carbocycles. The first-order valence-corrected chi connectivity index (χ1v) is 8.32. The number of benzene rings is 2. The van der Waals surface area contributed by atoms with Gasteiger partial charge in [0.15, 0.2) is 0 Å². The molecule has 0 aromatic heterocycles. The van der Waals surface area contributed by atoms with E-state index >= 15 is 0 Å². The SMILES string of the molecule is COc1ccc(CN2C[C@@H](N)[C@H](c3ccccc3)C2)cc1Br.Cl. The van der Waals surface area contributed by atoms with E-state index in [4.69, 9.17) is 10.5 Å². The maximum absolute atomic E-state index is 6.36. The highest BCUT2D eigenvalue weighted by molar-refractivity contribution is 9.10. The smallest absolute Gasteiger partial charge is 0.133 e. The Balaban J connectivity index is 0.00000192. The topological polar surface area (TPSA) is 38.5 Å². The number of likely N-dealkylation sites (tertiary alicyclic amines) is 1. The Labute approximate surface area is 152 Å². The summed E-state index contributed by atoms with van der Waals surface area (Å²) in [7, 11) is 1.68. The van der Waals surface area contributed by atoms with Crippen LogP contribution < -0.4 is 10.5 Å². The third-order valence-corrected chi connectivity index (χ3v) is 4.91. The lowest BCUT2D eigenvalue weighted by Crippen LogP contribution is -2.28. The monoisotopic (exact) mass is 396 g/mol. The summed E-state index contributed by atoms with van der Waals surface area (Å²) in [5, 5.41) is 0. The zero-order valence-electron chi connectivity index (χ0n) is 13.1. The Morgan fingerprint density at radius 1 is 1.17 bits per heavy atom. The van der Waals surface area contributed by atoms with Crippen LogP contribution in [0.5, 0.6) is 5.75 Å². The van der Waals surface area contributed by atoms with Crippen LogP contribution >= 0.6 is 28.3 Å². The van der Waals surface area contributed by atoms with Crippen LogP contribution in [0.4, 0.5) is 0 Å². The molecule has 0 bridgehead atoms. The van der Waals surface area contributed by atoms with Gasteiger partial charge in [0.1, 0.15) is 5.75 Å². The second kappa shape index (κ2) is 8.15. The Hall–Kier alpha value is -1.07. The first-order valence-electron chi connectivity index (χ1n) is 7.52. The molecule has 0 radical (unpaired) electrons. The van der Waals surface area contributed by atoms with Gasteiger partial charge in [-0.2, -0.15) is 0 Å². The van der Waals surface area contributed by atoms with E-state index in [1.54, 1.807) is 7.11 Å². The van der Waals surface area contributed by atoms with Crippen molar-refractivity contribution in [3.8, 4) is 5.75 Å². The van der Waals surface area contributed by atoms with Gasteiger partial charge >= 0.3 is 0 Å². The molecule has 2 N–H and O–H groups in total. The van der Waals surface area contributed by atoms with E-state index in [0.29, 0.717) is 5.92 Å². The fourth-order valence-corrected chi connectivity index (χ4v) is 3.75. The molecule has 1 saturated heterocycles. The molecule has 0 unspecified atom stereocenters. The standard InChI is InChI=1S/C18H21BrN2O.ClH/c1-22-18-8-7-13(9-16(18)19)10-21-11-15(17(20)12-21)14-5-3-2-4-6-14;/h2-9,15,17H,10-12,20H2,1H3;1H/t15-,17+;/m0./s1. The van der Waals surface area contributed by atoms with Crippen molar-refractivity contribution in [3.05, 3.63) is 64.1 Å². The zero-order chi connectivity index (χ0) is 15.5. The van der Waals surface area contributed by atoms with Crippen molar-refractivity contribution in [1.29, 1.82) is 0 Å². The second-order valence-corrected chi connectivity index (χ2v) is 6.70. The maximum Gasteiger partial charge on any atom is 0.133 e. The van der Waals surface area contributed by atoms with Gasteiger partial charge in [-0.1, -0.05) is 36.4 Å². The third kappa shape index (κ3) is 4.27. The van der Waals surface area contributed by atoms with E-state index in [0.717, 1.165) is 29.9 Å². The van der Waals surface area contributed by atoms with Crippen LogP contribution in [-0.4, -0.2) is 31.1 Å². The number of halogens is 2. The lowest BCUT2D eigenvalue weighted by atomic mass is 9.95. The number of methoxy groups -OCH3 is 1. The van der Waals surface area contributed by atoms with E-state index < -0.39 is 0 Å². The fourth-order valence-electron chi connectivity index (χ4n) is 3.16. The van der Waals surface area contributed by atoms with Gasteiger partial charge in [0, 0.05) is 31.6 Å². The predicted molar refractivity (Wildman–Crippen MR) is 100 cm³/mol. The minimum atomic E-state index is 0. The van der Waals surface area contributed by atoms with Crippen LogP contribution in [0.15, 0.2) is 53.0 Å². The van der Waals surface area contributed by atoms with E-state index in [1.165, 1.54) is 11.1 Å². The summed E-state index contributed by atoms with van der Waals surface area (Å²) in [5.41, 5.74) is 8.97. The van der Waals surface area contributed by atoms with Crippen molar-refractivity contribution < 1.29 is 4.74 Å². The molecular weight excluding hydrogens is 376 g/mol. The first-order chi connectivity index (χ1) is 10.7. The minimum Gasteiger partial charge on any atom is -0.496 e. The van der Waals surface area contributed by atoms with E-state index in [1.807, 2.05) is 6.07 Å². The van der Waals surface area contributed by atoms with E-state index in [9.17, 15) is 0 Å². The van der Waals surface area contributed by atoms with Crippen molar-refractivity contribution >= 4 is 28.3 Å².